The fourth-order valence-corrected chi connectivity index (χ4v) is 6.52. The Balaban J connectivity index is 1.40. The van der Waals surface area contributed by atoms with Gasteiger partial charge < -0.3 is 19.1 Å². The van der Waals surface area contributed by atoms with Crippen LogP contribution in [0, 0.1) is 5.82 Å². The lowest BCUT2D eigenvalue weighted by molar-refractivity contribution is -0.146. The van der Waals surface area contributed by atoms with Gasteiger partial charge in [-0.3, -0.25) is 23.7 Å². The highest BCUT2D eigenvalue weighted by Crippen LogP contribution is 2.49. The van der Waals surface area contributed by atoms with Crippen molar-refractivity contribution < 1.29 is 37.4 Å². The third-order valence-corrected chi connectivity index (χ3v) is 8.75. The third kappa shape index (κ3) is 7.47. The molecule has 2 heterocycles. The summed E-state index contributed by atoms with van der Waals surface area (Å²) in [5, 5.41) is 14.9. The van der Waals surface area contributed by atoms with Gasteiger partial charge in [-0.05, 0) is 23.9 Å². The van der Waals surface area contributed by atoms with Gasteiger partial charge in [0.2, 0.25) is 5.82 Å². The second kappa shape index (κ2) is 13.7. The third-order valence-electron chi connectivity index (χ3n) is 7.09. The molecule has 236 valence electrons. The summed E-state index contributed by atoms with van der Waals surface area (Å²) in [5.41, 5.74) is -1.41. The lowest BCUT2D eigenvalue weighted by Gasteiger charge is -2.29. The van der Waals surface area contributed by atoms with Gasteiger partial charge in [0.15, 0.2) is 0 Å². The first-order valence-electron chi connectivity index (χ1n) is 14.0. The summed E-state index contributed by atoms with van der Waals surface area (Å²) in [5.74, 6) is -1.79. The van der Waals surface area contributed by atoms with E-state index in [9.17, 15) is 28.4 Å². The van der Waals surface area contributed by atoms with Crippen LogP contribution in [0.2, 0.25) is 0 Å². The average molecular weight is 640 g/mol. The summed E-state index contributed by atoms with van der Waals surface area (Å²) < 4.78 is 52.3. The normalized spacial score (nSPS) is 20.6. The fourth-order valence-electron chi connectivity index (χ4n) is 4.84. The first-order chi connectivity index (χ1) is 21.6. The zero-order valence-corrected chi connectivity index (χ0v) is 25.0. The Bertz CT molecular complexity index is 1840. The van der Waals surface area contributed by atoms with Crippen molar-refractivity contribution in [1.82, 2.24) is 14.6 Å². The molecule has 1 aliphatic heterocycles. The van der Waals surface area contributed by atoms with Gasteiger partial charge in [-0.1, -0.05) is 72.8 Å². The number of hydrogen-bond donors (Lipinski definition) is 3. The van der Waals surface area contributed by atoms with E-state index < -0.39 is 61.4 Å². The molecule has 0 bridgehead atoms. The maximum Gasteiger partial charge on any atom is 0.460 e. The SMILES string of the molecule is C=C[C@@H](O[P@@](=O)(N[C@@H](C)C(=O)OCc1ccccc1)Oc1cccc2ccccc12)[C@H]1O[C@@H](n2cc(F)c(=O)[nH]c2=O)CC1O. The van der Waals surface area contributed by atoms with Gasteiger partial charge in [0.1, 0.15) is 36.8 Å². The number of benzene rings is 3. The number of hydrogen-bond acceptors (Lipinski definition) is 9. The van der Waals surface area contributed by atoms with Gasteiger partial charge in [-0.2, -0.15) is 9.48 Å². The van der Waals surface area contributed by atoms with Gasteiger partial charge in [-0.15, -0.1) is 6.58 Å². The van der Waals surface area contributed by atoms with Crippen LogP contribution in [0.3, 0.4) is 0 Å². The topological polar surface area (TPSA) is 158 Å². The second-order valence-corrected chi connectivity index (χ2v) is 12.0. The van der Waals surface area contributed by atoms with Crippen molar-refractivity contribution >= 4 is 24.5 Å². The lowest BCUT2D eigenvalue weighted by atomic mass is 10.1. The van der Waals surface area contributed by atoms with Crippen LogP contribution in [0.15, 0.2) is 101 Å². The summed E-state index contributed by atoms with van der Waals surface area (Å²) in [6.45, 7) is 5.11. The van der Waals surface area contributed by atoms with E-state index in [1.807, 2.05) is 29.2 Å². The minimum Gasteiger partial charge on any atom is -0.460 e. The van der Waals surface area contributed by atoms with E-state index in [1.54, 1.807) is 48.5 Å². The molecule has 0 aliphatic carbocycles. The van der Waals surface area contributed by atoms with E-state index in [-0.39, 0.29) is 18.8 Å². The molecule has 0 spiro atoms. The minimum absolute atomic E-state index is 0.0233. The van der Waals surface area contributed by atoms with Crippen molar-refractivity contribution in [2.45, 2.75) is 50.5 Å². The number of halogens is 1. The Hall–Kier alpha value is -4.39. The van der Waals surface area contributed by atoms with E-state index in [4.69, 9.17) is 18.5 Å². The Labute approximate surface area is 256 Å². The average Bonchev–Trinajstić information content (AvgIpc) is 3.42. The molecule has 4 aromatic rings. The summed E-state index contributed by atoms with van der Waals surface area (Å²) in [7, 11) is -4.51. The van der Waals surface area contributed by atoms with Crippen molar-refractivity contribution in [3.8, 4) is 5.75 Å². The number of rotatable bonds is 12. The molecule has 1 saturated heterocycles. The second-order valence-electron chi connectivity index (χ2n) is 10.3. The molecule has 45 heavy (non-hydrogen) atoms. The molecule has 14 heteroatoms. The number of esters is 1. The highest BCUT2D eigenvalue weighted by atomic mass is 31.2. The number of aliphatic hydroxyl groups is 1. The number of H-pyrrole nitrogens is 1. The van der Waals surface area contributed by atoms with E-state index >= 15 is 0 Å². The van der Waals surface area contributed by atoms with E-state index in [2.05, 4.69) is 11.7 Å². The highest BCUT2D eigenvalue weighted by Gasteiger charge is 2.44. The Morgan fingerprint density at radius 1 is 1.18 bits per heavy atom. The zero-order valence-electron chi connectivity index (χ0n) is 24.1. The molecule has 0 saturated carbocycles. The highest BCUT2D eigenvalue weighted by molar-refractivity contribution is 7.52. The van der Waals surface area contributed by atoms with Crippen molar-refractivity contribution in [3.63, 3.8) is 0 Å². The van der Waals surface area contributed by atoms with Crippen molar-refractivity contribution in [2.24, 2.45) is 0 Å². The summed E-state index contributed by atoms with van der Waals surface area (Å²) >= 11 is 0. The number of carbonyl (C=O) groups is 1. The van der Waals surface area contributed by atoms with E-state index in [0.29, 0.717) is 11.6 Å². The molecular formula is C31H31FN3O9P. The lowest BCUT2D eigenvalue weighted by Crippen LogP contribution is -2.40. The minimum atomic E-state index is -4.51. The Kier molecular flexibility index (Phi) is 9.76. The van der Waals surface area contributed by atoms with E-state index in [1.165, 1.54) is 13.0 Å². The molecule has 3 aromatic carbocycles. The van der Waals surface area contributed by atoms with E-state index in [0.717, 1.165) is 15.5 Å². The van der Waals surface area contributed by atoms with Crippen LogP contribution in [-0.4, -0.2) is 45.0 Å². The number of aromatic nitrogens is 2. The molecule has 5 rings (SSSR count). The number of aliphatic hydroxyl groups excluding tert-OH is 1. The number of nitrogens with one attached hydrogen (secondary N) is 2. The number of fused-ring (bicyclic) bond motifs is 1. The monoisotopic (exact) mass is 639 g/mol. The summed E-state index contributed by atoms with van der Waals surface area (Å²) in [4.78, 5) is 38.5. The predicted octanol–water partition coefficient (Wildman–Crippen LogP) is 3.96. The molecule has 6 atom stereocenters. The molecule has 1 aromatic heterocycles. The Morgan fingerprint density at radius 3 is 2.64 bits per heavy atom. The van der Waals surface area contributed by atoms with Gasteiger partial charge in [0.05, 0.1) is 12.3 Å². The first kappa shape index (κ1) is 32.0. The molecule has 1 unspecified atom stereocenters. The van der Waals surface area contributed by atoms with Crippen molar-refractivity contribution in [1.29, 1.82) is 0 Å². The molecule has 0 radical (unpaired) electrons. The maximum atomic E-state index is 14.4. The van der Waals surface area contributed by atoms with Gasteiger partial charge in [0, 0.05) is 11.8 Å². The molecule has 12 nitrogen and oxygen atoms in total. The molecule has 1 fully saturated rings. The van der Waals surface area contributed by atoms with Crippen LogP contribution >= 0.6 is 7.75 Å². The number of carbonyl (C=O) groups excluding carboxylic acids is 1. The quantitative estimate of drug-likeness (QED) is 0.118. The van der Waals surface area contributed by atoms with Crippen molar-refractivity contribution in [3.05, 3.63) is 124 Å². The smallest absolute Gasteiger partial charge is 0.460 e. The predicted molar refractivity (Wildman–Crippen MR) is 162 cm³/mol. The summed E-state index contributed by atoms with van der Waals surface area (Å²) in [6.07, 6.45) is -3.41. The van der Waals surface area contributed by atoms with Crippen LogP contribution in [0.1, 0.15) is 25.1 Å². The van der Waals surface area contributed by atoms with Gasteiger partial charge in [0.25, 0.3) is 5.56 Å². The van der Waals surface area contributed by atoms with Gasteiger partial charge >= 0.3 is 19.4 Å². The Morgan fingerprint density at radius 2 is 1.89 bits per heavy atom. The number of nitrogens with zero attached hydrogens (tertiary/aromatic N) is 1. The molecule has 3 N–H and O–H groups in total. The molecule has 1 aliphatic rings. The summed E-state index contributed by atoms with van der Waals surface area (Å²) in [6, 6.07) is 20.1. The molecular weight excluding hydrogens is 608 g/mol. The van der Waals surface area contributed by atoms with Crippen LogP contribution in [0.4, 0.5) is 4.39 Å². The first-order valence-corrected chi connectivity index (χ1v) is 15.5. The fraction of sp³-hybridized carbons (Fsp3) is 0.258. The largest absolute Gasteiger partial charge is 0.460 e. The maximum absolute atomic E-state index is 14.4. The van der Waals surface area contributed by atoms with Crippen LogP contribution in [-0.2, 0) is 30.0 Å². The molecule has 0 amide bonds. The van der Waals surface area contributed by atoms with Crippen LogP contribution < -0.4 is 20.9 Å². The zero-order chi connectivity index (χ0) is 32.1. The van der Waals surface area contributed by atoms with Crippen molar-refractivity contribution in [2.75, 3.05) is 0 Å². The van der Waals surface area contributed by atoms with Crippen LogP contribution in [0.5, 0.6) is 5.75 Å². The standard InChI is InChI=1S/C31H31FN3O9P/c1-3-25(28-24(36)16-27(42-28)35-17-23(32)29(37)33-31(35)39)43-45(40,44-26-15-9-13-21-12-7-8-14-22(21)26)34-19(2)30(38)41-18-20-10-5-4-6-11-20/h3-15,17,19,24-25,27-28,36H,1,16,18H2,2H3,(H,34,40)(H,33,37,39)/t19-,24?,25+,27+,28-,45-/m0/s1. The van der Waals surface area contributed by atoms with Gasteiger partial charge in [-0.25, -0.2) is 9.36 Å². The number of aromatic amines is 1. The number of ether oxygens (including phenoxy) is 2. The van der Waals surface area contributed by atoms with Crippen LogP contribution in [0.25, 0.3) is 10.8 Å².